The van der Waals surface area contributed by atoms with E-state index in [0.29, 0.717) is 12.0 Å². The van der Waals surface area contributed by atoms with E-state index in [1.807, 2.05) is 24.0 Å². The Kier molecular flexibility index (Phi) is 4.39. The van der Waals surface area contributed by atoms with Crippen LogP contribution < -0.4 is 5.32 Å². The first-order valence-corrected chi connectivity index (χ1v) is 7.79. The van der Waals surface area contributed by atoms with Crippen LogP contribution in [0.25, 0.3) is 0 Å². The van der Waals surface area contributed by atoms with Crippen LogP contribution in [-0.4, -0.2) is 41.7 Å². The molecule has 2 unspecified atom stereocenters. The summed E-state index contributed by atoms with van der Waals surface area (Å²) in [5.74, 6) is 0.493. The number of carbonyl (C=O) groups excluding carboxylic acids is 1. The number of carbonyl (C=O) groups is 1. The van der Waals surface area contributed by atoms with Crippen molar-refractivity contribution in [2.75, 3.05) is 19.8 Å². The minimum atomic E-state index is 0.00146. The van der Waals surface area contributed by atoms with Crippen LogP contribution >= 0.6 is 0 Å². The van der Waals surface area contributed by atoms with Gasteiger partial charge in [-0.05, 0) is 43.9 Å². The van der Waals surface area contributed by atoms with E-state index in [1.165, 1.54) is 0 Å². The molecule has 1 N–H and O–H groups in total. The minimum absolute atomic E-state index is 0.00146. The number of nitrogens with zero attached hydrogens (tertiary/aromatic N) is 2. The van der Waals surface area contributed by atoms with Crippen molar-refractivity contribution < 1.29 is 9.53 Å². The summed E-state index contributed by atoms with van der Waals surface area (Å²) in [4.78, 5) is 18.6. The first-order valence-electron chi connectivity index (χ1n) is 7.79. The lowest BCUT2D eigenvalue weighted by molar-refractivity contribution is 0.160. The van der Waals surface area contributed by atoms with Crippen molar-refractivity contribution in [3.8, 4) is 0 Å². The maximum atomic E-state index is 12.6. The average molecular weight is 289 g/mol. The van der Waals surface area contributed by atoms with Gasteiger partial charge in [0.15, 0.2) is 0 Å². The maximum Gasteiger partial charge on any atom is 0.318 e. The molecule has 1 aliphatic heterocycles. The van der Waals surface area contributed by atoms with Gasteiger partial charge in [-0.2, -0.15) is 0 Å². The standard InChI is InChI=1S/C16H23N3O2/c1-12(14-4-7-17-8-5-14)18-16(20)19(15-2-3-15)10-13-6-9-21-11-13/h4-5,7-8,12-13,15H,2-3,6,9-11H2,1H3,(H,18,20). The molecule has 2 heterocycles. The topological polar surface area (TPSA) is 54.5 Å². The quantitative estimate of drug-likeness (QED) is 0.905. The van der Waals surface area contributed by atoms with Crippen molar-refractivity contribution in [1.29, 1.82) is 0 Å². The highest BCUT2D eigenvalue weighted by atomic mass is 16.5. The molecule has 1 aromatic heterocycles. The molecule has 114 valence electrons. The zero-order valence-corrected chi connectivity index (χ0v) is 12.5. The molecular weight excluding hydrogens is 266 g/mol. The number of nitrogens with one attached hydrogen (secondary N) is 1. The second-order valence-corrected chi connectivity index (χ2v) is 6.06. The Hall–Kier alpha value is -1.62. The number of hydrogen-bond donors (Lipinski definition) is 1. The van der Waals surface area contributed by atoms with Gasteiger partial charge in [0.2, 0.25) is 0 Å². The van der Waals surface area contributed by atoms with E-state index in [9.17, 15) is 4.79 Å². The number of ether oxygens (including phenoxy) is 1. The number of amides is 2. The Morgan fingerprint density at radius 2 is 2.19 bits per heavy atom. The van der Waals surface area contributed by atoms with Crippen LogP contribution in [0.5, 0.6) is 0 Å². The second-order valence-electron chi connectivity index (χ2n) is 6.06. The maximum absolute atomic E-state index is 12.6. The van der Waals surface area contributed by atoms with Gasteiger partial charge in [0.1, 0.15) is 0 Å². The summed E-state index contributed by atoms with van der Waals surface area (Å²) in [6.07, 6.45) is 6.84. The predicted octanol–water partition coefficient (Wildman–Crippen LogP) is 2.35. The zero-order valence-electron chi connectivity index (χ0n) is 12.5. The van der Waals surface area contributed by atoms with Crippen molar-refractivity contribution in [2.24, 2.45) is 5.92 Å². The molecule has 2 aliphatic rings. The van der Waals surface area contributed by atoms with Gasteiger partial charge in [0.25, 0.3) is 0 Å². The summed E-state index contributed by atoms with van der Waals surface area (Å²) < 4.78 is 5.42. The van der Waals surface area contributed by atoms with Gasteiger partial charge in [-0.1, -0.05) is 0 Å². The van der Waals surface area contributed by atoms with Crippen LogP contribution in [0.1, 0.15) is 37.8 Å². The predicted molar refractivity (Wildman–Crippen MR) is 79.8 cm³/mol. The molecule has 1 aliphatic carbocycles. The SMILES string of the molecule is CC(NC(=O)N(CC1CCOC1)C1CC1)c1ccncc1. The van der Waals surface area contributed by atoms with Gasteiger partial charge < -0.3 is 15.0 Å². The fourth-order valence-electron chi connectivity index (χ4n) is 2.79. The number of aromatic nitrogens is 1. The Morgan fingerprint density at radius 1 is 1.43 bits per heavy atom. The van der Waals surface area contributed by atoms with E-state index in [0.717, 1.165) is 44.6 Å². The monoisotopic (exact) mass is 289 g/mol. The molecule has 0 spiro atoms. The molecule has 0 bridgehead atoms. The smallest absolute Gasteiger partial charge is 0.318 e. The lowest BCUT2D eigenvalue weighted by Gasteiger charge is -2.27. The third-order valence-electron chi connectivity index (χ3n) is 4.27. The largest absolute Gasteiger partial charge is 0.381 e. The van der Waals surface area contributed by atoms with Crippen LogP contribution in [0.4, 0.5) is 4.79 Å². The van der Waals surface area contributed by atoms with Gasteiger partial charge in [-0.3, -0.25) is 4.98 Å². The molecule has 0 radical (unpaired) electrons. The van der Waals surface area contributed by atoms with E-state index in [4.69, 9.17) is 4.74 Å². The summed E-state index contributed by atoms with van der Waals surface area (Å²) in [6.45, 7) is 4.45. The van der Waals surface area contributed by atoms with Crippen LogP contribution in [0.3, 0.4) is 0 Å². The molecule has 1 aromatic rings. The Bertz CT molecular complexity index is 470. The summed E-state index contributed by atoms with van der Waals surface area (Å²) in [5.41, 5.74) is 1.08. The molecule has 2 amide bonds. The number of pyridine rings is 1. The molecule has 3 rings (SSSR count). The Morgan fingerprint density at radius 3 is 2.81 bits per heavy atom. The third kappa shape index (κ3) is 3.73. The second kappa shape index (κ2) is 6.43. The first kappa shape index (κ1) is 14.3. The number of hydrogen-bond acceptors (Lipinski definition) is 3. The molecule has 1 saturated heterocycles. The molecule has 21 heavy (non-hydrogen) atoms. The molecule has 1 saturated carbocycles. The summed E-state index contributed by atoms with van der Waals surface area (Å²) in [5, 5.41) is 3.11. The molecule has 5 heteroatoms. The first-order chi connectivity index (χ1) is 10.2. The van der Waals surface area contributed by atoms with Crippen LogP contribution in [0.2, 0.25) is 0 Å². The highest BCUT2D eigenvalue weighted by molar-refractivity contribution is 5.75. The van der Waals surface area contributed by atoms with Gasteiger partial charge in [-0.25, -0.2) is 4.79 Å². The summed E-state index contributed by atoms with van der Waals surface area (Å²) in [6, 6.07) is 4.36. The van der Waals surface area contributed by atoms with Crippen LogP contribution in [-0.2, 0) is 4.74 Å². The zero-order chi connectivity index (χ0) is 14.7. The normalized spacial score (nSPS) is 22.8. The Labute approximate surface area is 125 Å². The van der Waals surface area contributed by atoms with E-state index >= 15 is 0 Å². The van der Waals surface area contributed by atoms with Gasteiger partial charge >= 0.3 is 6.03 Å². The summed E-state index contributed by atoms with van der Waals surface area (Å²) >= 11 is 0. The van der Waals surface area contributed by atoms with Crippen LogP contribution in [0.15, 0.2) is 24.5 Å². The fourth-order valence-corrected chi connectivity index (χ4v) is 2.79. The molecular formula is C16H23N3O2. The van der Waals surface area contributed by atoms with Crippen molar-refractivity contribution in [3.05, 3.63) is 30.1 Å². The fraction of sp³-hybridized carbons (Fsp3) is 0.625. The van der Waals surface area contributed by atoms with Gasteiger partial charge in [-0.15, -0.1) is 0 Å². The number of urea groups is 1. The van der Waals surface area contributed by atoms with Gasteiger partial charge in [0, 0.05) is 37.5 Å². The minimum Gasteiger partial charge on any atom is -0.381 e. The lowest BCUT2D eigenvalue weighted by Crippen LogP contribution is -2.44. The average Bonchev–Trinajstić information content (AvgIpc) is 3.21. The molecule has 0 aromatic carbocycles. The summed E-state index contributed by atoms with van der Waals surface area (Å²) in [7, 11) is 0. The highest BCUT2D eigenvalue weighted by Gasteiger charge is 2.35. The highest BCUT2D eigenvalue weighted by Crippen LogP contribution is 2.29. The van der Waals surface area contributed by atoms with Crippen molar-refractivity contribution in [3.63, 3.8) is 0 Å². The van der Waals surface area contributed by atoms with Gasteiger partial charge in [0.05, 0.1) is 12.6 Å². The van der Waals surface area contributed by atoms with E-state index in [1.54, 1.807) is 12.4 Å². The van der Waals surface area contributed by atoms with Crippen molar-refractivity contribution in [1.82, 2.24) is 15.2 Å². The molecule has 2 atom stereocenters. The van der Waals surface area contributed by atoms with E-state index in [-0.39, 0.29) is 12.1 Å². The van der Waals surface area contributed by atoms with Crippen molar-refractivity contribution in [2.45, 2.75) is 38.3 Å². The lowest BCUT2D eigenvalue weighted by atomic mass is 10.1. The number of rotatable bonds is 5. The third-order valence-corrected chi connectivity index (χ3v) is 4.27. The van der Waals surface area contributed by atoms with Crippen molar-refractivity contribution >= 4 is 6.03 Å². The molecule has 2 fully saturated rings. The van der Waals surface area contributed by atoms with E-state index in [2.05, 4.69) is 10.3 Å². The van der Waals surface area contributed by atoms with E-state index < -0.39 is 0 Å². The molecule has 5 nitrogen and oxygen atoms in total. The Balaban J connectivity index is 1.58. The van der Waals surface area contributed by atoms with Crippen LogP contribution in [0, 0.1) is 5.92 Å².